The van der Waals surface area contributed by atoms with E-state index in [-0.39, 0.29) is 5.91 Å². The lowest BCUT2D eigenvalue weighted by molar-refractivity contribution is -0.117. The normalized spacial score (nSPS) is 12.1. The van der Waals surface area contributed by atoms with E-state index in [0.717, 1.165) is 12.1 Å². The molecule has 13 heavy (non-hydrogen) atoms. The zero-order valence-electron chi connectivity index (χ0n) is 8.46. The number of carbonyl (C=O) groups excluding carboxylic acids is 1. The molecule has 3 heteroatoms. The second-order valence-corrected chi connectivity index (χ2v) is 3.41. The van der Waals surface area contributed by atoms with Crippen molar-refractivity contribution in [2.24, 2.45) is 0 Å². The van der Waals surface area contributed by atoms with Gasteiger partial charge in [-0.2, -0.15) is 11.8 Å². The highest BCUT2D eigenvalue weighted by molar-refractivity contribution is 7.99. The molecule has 0 radical (unpaired) electrons. The summed E-state index contributed by atoms with van der Waals surface area (Å²) in [6.45, 7) is 3.98. The monoisotopic (exact) mass is 199 g/mol. The summed E-state index contributed by atoms with van der Waals surface area (Å²) in [6.07, 6.45) is 8.67. The molecule has 0 aromatic rings. The Morgan fingerprint density at radius 2 is 2.23 bits per heavy atom. The Labute approximate surface area is 84.5 Å². The highest BCUT2D eigenvalue weighted by Gasteiger charge is 1.99. The van der Waals surface area contributed by atoms with Gasteiger partial charge in [-0.15, -0.1) is 0 Å². The molecule has 2 nitrogen and oxygen atoms in total. The quantitative estimate of drug-likeness (QED) is 0.689. The molecule has 0 unspecified atom stereocenters. The van der Waals surface area contributed by atoms with Crippen molar-refractivity contribution in [2.45, 2.75) is 20.3 Å². The van der Waals surface area contributed by atoms with Crippen molar-refractivity contribution < 1.29 is 4.79 Å². The molecule has 0 aromatic heterocycles. The predicted octanol–water partition coefficient (Wildman–Crippen LogP) is 2.34. The van der Waals surface area contributed by atoms with Crippen molar-refractivity contribution in [2.75, 3.05) is 12.0 Å². The molecule has 0 fully saturated rings. The summed E-state index contributed by atoms with van der Waals surface area (Å²) in [5.41, 5.74) is 0.893. The number of hydrogen-bond acceptors (Lipinski definition) is 2. The number of carbonyl (C=O) groups is 1. The van der Waals surface area contributed by atoms with E-state index >= 15 is 0 Å². The minimum Gasteiger partial charge on any atom is -0.326 e. The first-order chi connectivity index (χ1) is 6.24. The van der Waals surface area contributed by atoms with Gasteiger partial charge in [0.2, 0.25) is 5.91 Å². The van der Waals surface area contributed by atoms with Crippen molar-refractivity contribution in [3.05, 3.63) is 23.9 Å². The smallest absolute Gasteiger partial charge is 0.234 e. The number of nitrogens with one attached hydrogen (secondary N) is 1. The average Bonchev–Trinajstić information content (AvgIpc) is 2.05. The minimum absolute atomic E-state index is 0.0605. The van der Waals surface area contributed by atoms with Crippen LogP contribution >= 0.6 is 11.8 Å². The number of rotatable bonds is 5. The first kappa shape index (κ1) is 12.3. The standard InChI is InChI=1S/C10H17NOS/c1-4-6-9(7-5-2)11-10(12)8-13-3/h4,6-7H,5,8H2,1-3H3,(H,11,12)/b6-4-,9-7+. The molecular formula is C10H17NOS. The minimum atomic E-state index is 0.0605. The number of amides is 1. The molecule has 0 aliphatic carbocycles. The lowest BCUT2D eigenvalue weighted by Crippen LogP contribution is -2.23. The van der Waals surface area contributed by atoms with Crippen LogP contribution in [-0.2, 0) is 4.79 Å². The van der Waals surface area contributed by atoms with Crippen LogP contribution in [0.4, 0.5) is 0 Å². The zero-order valence-corrected chi connectivity index (χ0v) is 9.28. The van der Waals surface area contributed by atoms with Gasteiger partial charge in [-0.25, -0.2) is 0 Å². The maximum atomic E-state index is 11.2. The van der Waals surface area contributed by atoms with Crippen LogP contribution in [0.2, 0.25) is 0 Å². The molecule has 0 heterocycles. The Bertz CT molecular complexity index is 209. The van der Waals surface area contributed by atoms with Gasteiger partial charge in [-0.05, 0) is 25.7 Å². The Kier molecular flexibility index (Phi) is 7.50. The van der Waals surface area contributed by atoms with E-state index in [9.17, 15) is 4.79 Å². The van der Waals surface area contributed by atoms with Crippen molar-refractivity contribution in [3.8, 4) is 0 Å². The van der Waals surface area contributed by atoms with Gasteiger partial charge in [-0.3, -0.25) is 4.79 Å². The lowest BCUT2D eigenvalue weighted by atomic mass is 10.3. The van der Waals surface area contributed by atoms with E-state index < -0.39 is 0 Å². The van der Waals surface area contributed by atoms with Gasteiger partial charge in [0.05, 0.1) is 5.75 Å². The van der Waals surface area contributed by atoms with Crippen LogP contribution in [-0.4, -0.2) is 17.9 Å². The Morgan fingerprint density at radius 1 is 1.54 bits per heavy atom. The fourth-order valence-corrected chi connectivity index (χ4v) is 1.22. The van der Waals surface area contributed by atoms with E-state index in [1.807, 2.05) is 38.3 Å². The topological polar surface area (TPSA) is 29.1 Å². The molecule has 1 amide bonds. The van der Waals surface area contributed by atoms with Gasteiger partial charge in [-0.1, -0.05) is 19.1 Å². The molecule has 0 atom stereocenters. The molecule has 0 aliphatic heterocycles. The van der Waals surface area contributed by atoms with Crippen LogP contribution in [0.5, 0.6) is 0 Å². The molecular weight excluding hydrogens is 182 g/mol. The van der Waals surface area contributed by atoms with Crippen molar-refractivity contribution in [1.29, 1.82) is 0 Å². The van der Waals surface area contributed by atoms with Crippen molar-refractivity contribution in [3.63, 3.8) is 0 Å². The van der Waals surface area contributed by atoms with E-state index in [2.05, 4.69) is 5.32 Å². The fourth-order valence-electron chi connectivity index (χ4n) is 0.888. The van der Waals surface area contributed by atoms with E-state index in [0.29, 0.717) is 5.75 Å². The van der Waals surface area contributed by atoms with Crippen LogP contribution in [0, 0.1) is 0 Å². The molecule has 0 spiro atoms. The summed E-state index contributed by atoms with van der Waals surface area (Å²) in [5.74, 6) is 0.573. The predicted molar refractivity (Wildman–Crippen MR) is 59.7 cm³/mol. The zero-order chi connectivity index (χ0) is 10.1. The Balaban J connectivity index is 4.10. The third kappa shape index (κ3) is 6.46. The largest absolute Gasteiger partial charge is 0.326 e. The van der Waals surface area contributed by atoms with E-state index in [4.69, 9.17) is 0 Å². The highest BCUT2D eigenvalue weighted by Crippen LogP contribution is 1.97. The number of allylic oxidation sites excluding steroid dienone is 3. The van der Waals surface area contributed by atoms with Gasteiger partial charge in [0, 0.05) is 5.70 Å². The van der Waals surface area contributed by atoms with E-state index in [1.165, 1.54) is 11.8 Å². The summed E-state index contributed by atoms with van der Waals surface area (Å²) in [5, 5.41) is 2.83. The van der Waals surface area contributed by atoms with E-state index in [1.54, 1.807) is 0 Å². The Morgan fingerprint density at radius 3 is 2.69 bits per heavy atom. The lowest BCUT2D eigenvalue weighted by Gasteiger charge is -2.04. The molecule has 0 saturated heterocycles. The summed E-state index contributed by atoms with van der Waals surface area (Å²) < 4.78 is 0. The van der Waals surface area contributed by atoms with Gasteiger partial charge >= 0.3 is 0 Å². The second-order valence-electron chi connectivity index (χ2n) is 2.55. The summed E-state index contributed by atoms with van der Waals surface area (Å²) in [6, 6.07) is 0. The van der Waals surface area contributed by atoms with Crippen molar-refractivity contribution >= 4 is 17.7 Å². The van der Waals surface area contributed by atoms with Gasteiger partial charge in [0.25, 0.3) is 0 Å². The van der Waals surface area contributed by atoms with Gasteiger partial charge in [0.15, 0.2) is 0 Å². The van der Waals surface area contributed by atoms with Crippen molar-refractivity contribution in [1.82, 2.24) is 5.32 Å². The number of thioether (sulfide) groups is 1. The van der Waals surface area contributed by atoms with Gasteiger partial charge in [0.1, 0.15) is 0 Å². The summed E-state index contributed by atoms with van der Waals surface area (Å²) >= 11 is 1.52. The van der Waals surface area contributed by atoms with Crippen LogP contribution in [0.1, 0.15) is 20.3 Å². The molecule has 0 aromatic carbocycles. The third-order valence-electron chi connectivity index (χ3n) is 1.33. The van der Waals surface area contributed by atoms with Crippen LogP contribution in [0.25, 0.3) is 0 Å². The molecule has 74 valence electrons. The highest BCUT2D eigenvalue weighted by atomic mass is 32.2. The average molecular weight is 199 g/mol. The maximum absolute atomic E-state index is 11.2. The van der Waals surface area contributed by atoms with Gasteiger partial charge < -0.3 is 5.32 Å². The summed E-state index contributed by atoms with van der Waals surface area (Å²) in [7, 11) is 0. The molecule has 0 bridgehead atoms. The van der Waals surface area contributed by atoms with Crippen LogP contribution < -0.4 is 5.32 Å². The fraction of sp³-hybridized carbons (Fsp3) is 0.500. The first-order valence-corrected chi connectivity index (χ1v) is 5.75. The third-order valence-corrected chi connectivity index (χ3v) is 1.88. The molecule has 0 rings (SSSR count). The molecule has 0 saturated carbocycles. The Hall–Kier alpha value is -0.700. The molecule has 0 aliphatic rings. The second kappa shape index (κ2) is 7.92. The summed E-state index contributed by atoms with van der Waals surface area (Å²) in [4.78, 5) is 11.2. The van der Waals surface area contributed by atoms with Crippen LogP contribution in [0.3, 0.4) is 0 Å². The molecule has 1 N–H and O–H groups in total. The SMILES string of the molecule is C/C=C\C(=C/CC)NC(=O)CSC. The first-order valence-electron chi connectivity index (χ1n) is 4.36. The van der Waals surface area contributed by atoms with Crippen LogP contribution in [0.15, 0.2) is 23.9 Å². The number of hydrogen-bond donors (Lipinski definition) is 1. The maximum Gasteiger partial charge on any atom is 0.234 e.